The number of hydrogen-bond donors (Lipinski definition) is 1. The highest BCUT2D eigenvalue weighted by Gasteiger charge is 2.39. The van der Waals surface area contributed by atoms with Crippen LogP contribution in [0.25, 0.3) is 0 Å². The van der Waals surface area contributed by atoms with Gasteiger partial charge in [-0.05, 0) is 37.5 Å². The van der Waals surface area contributed by atoms with Crippen LogP contribution in [0.1, 0.15) is 25.7 Å². The topological polar surface area (TPSA) is 20.2 Å². The normalized spacial score (nSPS) is 52.9. The third-order valence-electron chi connectivity index (χ3n) is 2.72. The number of fused-ring (bicyclic) bond motifs is 1. The van der Waals surface area contributed by atoms with E-state index in [1.54, 1.807) is 0 Å². The Labute approximate surface area is 49.7 Å². The zero-order valence-corrected chi connectivity index (χ0v) is 5.01. The first kappa shape index (κ1) is 4.80. The standard InChI is InChI=1S/C7H12O/c8-7-3-5-1-2-6(5)4-7/h5-8H,1-4H2/t5-,6?,7?/m0/s1. The van der Waals surface area contributed by atoms with E-state index in [2.05, 4.69) is 0 Å². The molecule has 3 atom stereocenters. The lowest BCUT2D eigenvalue weighted by molar-refractivity contribution is 0.178. The summed E-state index contributed by atoms with van der Waals surface area (Å²) in [6.07, 6.45) is 5.05. The Kier molecular flexibility index (Phi) is 0.884. The molecule has 1 heteroatoms. The Balaban J connectivity index is 2.00. The third-order valence-corrected chi connectivity index (χ3v) is 2.72. The van der Waals surface area contributed by atoms with Crippen LogP contribution in [-0.2, 0) is 0 Å². The lowest BCUT2D eigenvalue weighted by atomic mass is 9.77. The Morgan fingerprint density at radius 2 is 1.50 bits per heavy atom. The Morgan fingerprint density at radius 1 is 1.00 bits per heavy atom. The molecule has 0 saturated heterocycles. The van der Waals surface area contributed by atoms with Gasteiger partial charge in [-0.2, -0.15) is 0 Å². The van der Waals surface area contributed by atoms with E-state index in [0.29, 0.717) is 0 Å². The van der Waals surface area contributed by atoms with Crippen LogP contribution in [0.15, 0.2) is 0 Å². The van der Waals surface area contributed by atoms with Gasteiger partial charge in [0.05, 0.1) is 6.10 Å². The summed E-state index contributed by atoms with van der Waals surface area (Å²) in [6.45, 7) is 0. The van der Waals surface area contributed by atoms with E-state index in [9.17, 15) is 0 Å². The molecule has 46 valence electrons. The van der Waals surface area contributed by atoms with E-state index in [4.69, 9.17) is 5.11 Å². The van der Waals surface area contributed by atoms with Crippen molar-refractivity contribution >= 4 is 0 Å². The third kappa shape index (κ3) is 0.510. The molecule has 0 radical (unpaired) electrons. The maximum atomic E-state index is 9.11. The first-order chi connectivity index (χ1) is 3.86. The predicted octanol–water partition coefficient (Wildman–Crippen LogP) is 1.17. The minimum Gasteiger partial charge on any atom is -0.393 e. The van der Waals surface area contributed by atoms with E-state index in [1.807, 2.05) is 0 Å². The summed E-state index contributed by atoms with van der Waals surface area (Å²) in [5.74, 6) is 1.84. The fourth-order valence-corrected chi connectivity index (χ4v) is 2.05. The molecule has 0 spiro atoms. The minimum absolute atomic E-state index is 0.0625. The van der Waals surface area contributed by atoms with E-state index in [0.717, 1.165) is 24.7 Å². The van der Waals surface area contributed by atoms with E-state index < -0.39 is 0 Å². The number of hydrogen-bond acceptors (Lipinski definition) is 1. The van der Waals surface area contributed by atoms with Crippen molar-refractivity contribution in [1.29, 1.82) is 0 Å². The highest BCUT2D eigenvalue weighted by Crippen LogP contribution is 2.46. The number of rotatable bonds is 0. The van der Waals surface area contributed by atoms with Crippen molar-refractivity contribution < 1.29 is 5.11 Å². The smallest absolute Gasteiger partial charge is 0.0545 e. The van der Waals surface area contributed by atoms with Gasteiger partial charge in [-0.15, -0.1) is 0 Å². The van der Waals surface area contributed by atoms with Crippen molar-refractivity contribution in [3.8, 4) is 0 Å². The largest absolute Gasteiger partial charge is 0.393 e. The highest BCUT2D eigenvalue weighted by atomic mass is 16.3. The molecular formula is C7H12O. The summed E-state index contributed by atoms with van der Waals surface area (Å²) in [6, 6.07) is 0. The molecule has 2 rings (SSSR count). The summed E-state index contributed by atoms with van der Waals surface area (Å²) in [5, 5.41) is 9.11. The fourth-order valence-electron chi connectivity index (χ4n) is 2.05. The summed E-state index contributed by atoms with van der Waals surface area (Å²) >= 11 is 0. The van der Waals surface area contributed by atoms with Crippen molar-refractivity contribution in [1.82, 2.24) is 0 Å². The van der Waals surface area contributed by atoms with Gasteiger partial charge in [0.1, 0.15) is 0 Å². The Morgan fingerprint density at radius 3 is 1.75 bits per heavy atom. The van der Waals surface area contributed by atoms with Gasteiger partial charge < -0.3 is 5.11 Å². The average Bonchev–Trinajstić information content (AvgIpc) is 1.91. The maximum absolute atomic E-state index is 9.11. The van der Waals surface area contributed by atoms with Crippen molar-refractivity contribution in [3.05, 3.63) is 0 Å². The van der Waals surface area contributed by atoms with Crippen LogP contribution in [0.4, 0.5) is 0 Å². The van der Waals surface area contributed by atoms with Crippen LogP contribution in [0, 0.1) is 11.8 Å². The molecule has 0 heterocycles. The SMILES string of the molecule is OC1CC2CC[C@H]2C1. The number of aliphatic hydroxyl groups is 1. The minimum atomic E-state index is 0.0625. The molecule has 0 amide bonds. The summed E-state index contributed by atoms with van der Waals surface area (Å²) in [4.78, 5) is 0. The molecule has 1 N–H and O–H groups in total. The Bertz CT molecular complexity index is 88.6. The molecule has 2 fully saturated rings. The molecule has 2 saturated carbocycles. The van der Waals surface area contributed by atoms with E-state index in [1.165, 1.54) is 12.8 Å². The lowest BCUT2D eigenvalue weighted by Gasteiger charge is -2.29. The molecule has 0 aromatic carbocycles. The second kappa shape index (κ2) is 1.47. The molecule has 8 heavy (non-hydrogen) atoms. The summed E-state index contributed by atoms with van der Waals surface area (Å²) in [5.41, 5.74) is 0. The van der Waals surface area contributed by atoms with Crippen LogP contribution in [0.2, 0.25) is 0 Å². The molecule has 2 aliphatic carbocycles. The maximum Gasteiger partial charge on any atom is 0.0545 e. The molecule has 0 aromatic heterocycles. The van der Waals surface area contributed by atoms with Crippen molar-refractivity contribution in [2.24, 2.45) is 11.8 Å². The van der Waals surface area contributed by atoms with Gasteiger partial charge in [-0.1, -0.05) is 0 Å². The summed E-state index contributed by atoms with van der Waals surface area (Å²) < 4.78 is 0. The second-order valence-corrected chi connectivity index (χ2v) is 3.22. The van der Waals surface area contributed by atoms with Gasteiger partial charge in [-0.25, -0.2) is 0 Å². The van der Waals surface area contributed by atoms with Crippen LogP contribution in [0.5, 0.6) is 0 Å². The molecule has 1 nitrogen and oxygen atoms in total. The molecule has 0 aliphatic heterocycles. The number of aliphatic hydroxyl groups excluding tert-OH is 1. The van der Waals surface area contributed by atoms with Crippen molar-refractivity contribution in [3.63, 3.8) is 0 Å². The van der Waals surface area contributed by atoms with Gasteiger partial charge in [0, 0.05) is 0 Å². The van der Waals surface area contributed by atoms with Gasteiger partial charge in [0.15, 0.2) is 0 Å². The first-order valence-corrected chi connectivity index (χ1v) is 3.54. The van der Waals surface area contributed by atoms with Crippen LogP contribution in [0.3, 0.4) is 0 Å². The van der Waals surface area contributed by atoms with Crippen molar-refractivity contribution in [2.75, 3.05) is 0 Å². The van der Waals surface area contributed by atoms with Gasteiger partial charge >= 0.3 is 0 Å². The van der Waals surface area contributed by atoms with Gasteiger partial charge in [0.25, 0.3) is 0 Å². The molecular weight excluding hydrogens is 100 g/mol. The quantitative estimate of drug-likeness (QED) is 0.498. The first-order valence-electron chi connectivity index (χ1n) is 3.54. The van der Waals surface area contributed by atoms with E-state index >= 15 is 0 Å². The highest BCUT2D eigenvalue weighted by molar-refractivity contribution is 4.90. The van der Waals surface area contributed by atoms with E-state index in [-0.39, 0.29) is 6.10 Å². The van der Waals surface area contributed by atoms with Crippen LogP contribution < -0.4 is 0 Å². The van der Waals surface area contributed by atoms with Crippen LogP contribution in [-0.4, -0.2) is 11.2 Å². The van der Waals surface area contributed by atoms with Crippen LogP contribution >= 0.6 is 0 Å². The van der Waals surface area contributed by atoms with Gasteiger partial charge in [-0.3, -0.25) is 0 Å². The molecule has 2 aliphatic rings. The van der Waals surface area contributed by atoms with Crippen molar-refractivity contribution in [2.45, 2.75) is 31.8 Å². The zero-order valence-electron chi connectivity index (χ0n) is 5.01. The zero-order chi connectivity index (χ0) is 5.56. The second-order valence-electron chi connectivity index (χ2n) is 3.22. The summed E-state index contributed by atoms with van der Waals surface area (Å²) in [7, 11) is 0. The lowest BCUT2D eigenvalue weighted by Crippen LogP contribution is -2.18. The van der Waals surface area contributed by atoms with Gasteiger partial charge in [0.2, 0.25) is 0 Å². The molecule has 0 aromatic rings. The predicted molar refractivity (Wildman–Crippen MR) is 31.5 cm³/mol. The fraction of sp³-hybridized carbons (Fsp3) is 1.00. The average molecular weight is 112 g/mol. The molecule has 0 bridgehead atoms. The molecule has 2 unspecified atom stereocenters. The Hall–Kier alpha value is -0.0400. The monoisotopic (exact) mass is 112 g/mol.